The SMILES string of the molecule is CNC(C)(CO)CN1CCC(N(C)C)C1. The van der Waals surface area contributed by atoms with Gasteiger partial charge in [-0.1, -0.05) is 0 Å². The Balaban J connectivity index is 2.41. The van der Waals surface area contributed by atoms with Gasteiger partial charge in [0.05, 0.1) is 12.1 Å². The number of aliphatic hydroxyl groups is 1. The van der Waals surface area contributed by atoms with Crippen LogP contribution in [0.3, 0.4) is 0 Å². The Morgan fingerprint density at radius 3 is 2.60 bits per heavy atom. The molecule has 90 valence electrons. The highest BCUT2D eigenvalue weighted by Crippen LogP contribution is 2.16. The highest BCUT2D eigenvalue weighted by atomic mass is 16.3. The summed E-state index contributed by atoms with van der Waals surface area (Å²) in [5, 5.41) is 12.5. The molecule has 1 aliphatic rings. The van der Waals surface area contributed by atoms with Crippen LogP contribution in [0.15, 0.2) is 0 Å². The number of likely N-dealkylation sites (N-methyl/N-ethyl adjacent to an activating group) is 2. The molecule has 0 aliphatic carbocycles. The molecule has 4 nitrogen and oxygen atoms in total. The van der Waals surface area contributed by atoms with E-state index in [0.717, 1.165) is 19.6 Å². The summed E-state index contributed by atoms with van der Waals surface area (Å²) < 4.78 is 0. The highest BCUT2D eigenvalue weighted by molar-refractivity contribution is 4.89. The Kier molecular flexibility index (Phi) is 4.52. The molecule has 0 radical (unpaired) electrons. The van der Waals surface area contributed by atoms with Crippen molar-refractivity contribution in [3.05, 3.63) is 0 Å². The fraction of sp³-hybridized carbons (Fsp3) is 1.00. The third kappa shape index (κ3) is 3.41. The first-order valence-electron chi connectivity index (χ1n) is 5.69. The summed E-state index contributed by atoms with van der Waals surface area (Å²) in [6.45, 7) is 5.43. The van der Waals surface area contributed by atoms with Crippen LogP contribution in [-0.4, -0.2) is 73.9 Å². The van der Waals surface area contributed by atoms with Crippen molar-refractivity contribution in [2.75, 3.05) is 47.4 Å². The quantitative estimate of drug-likeness (QED) is 0.654. The van der Waals surface area contributed by atoms with Crippen LogP contribution in [-0.2, 0) is 0 Å². The molecule has 0 amide bonds. The second-order valence-electron chi connectivity index (χ2n) is 5.11. The van der Waals surface area contributed by atoms with E-state index in [1.54, 1.807) is 0 Å². The van der Waals surface area contributed by atoms with Crippen molar-refractivity contribution in [2.45, 2.75) is 24.9 Å². The Morgan fingerprint density at radius 1 is 1.53 bits per heavy atom. The zero-order valence-corrected chi connectivity index (χ0v) is 10.5. The van der Waals surface area contributed by atoms with Crippen LogP contribution < -0.4 is 5.32 Å². The number of rotatable bonds is 5. The topological polar surface area (TPSA) is 38.7 Å². The van der Waals surface area contributed by atoms with Gasteiger partial charge in [-0.2, -0.15) is 0 Å². The molecule has 1 heterocycles. The average Bonchev–Trinajstić information content (AvgIpc) is 2.66. The van der Waals surface area contributed by atoms with E-state index in [2.05, 4.69) is 36.1 Å². The molecule has 0 bridgehead atoms. The minimum atomic E-state index is -0.165. The molecule has 2 N–H and O–H groups in total. The van der Waals surface area contributed by atoms with Crippen LogP contribution >= 0.6 is 0 Å². The Morgan fingerprint density at radius 2 is 2.20 bits per heavy atom. The number of nitrogens with one attached hydrogen (secondary N) is 1. The number of hydrogen-bond donors (Lipinski definition) is 2. The van der Waals surface area contributed by atoms with E-state index in [-0.39, 0.29) is 12.1 Å². The van der Waals surface area contributed by atoms with Crippen molar-refractivity contribution in [3.8, 4) is 0 Å². The zero-order valence-electron chi connectivity index (χ0n) is 10.5. The first-order chi connectivity index (χ1) is 7.00. The highest BCUT2D eigenvalue weighted by Gasteiger charge is 2.30. The Hall–Kier alpha value is -0.160. The van der Waals surface area contributed by atoms with E-state index in [9.17, 15) is 5.11 Å². The van der Waals surface area contributed by atoms with Gasteiger partial charge in [0, 0.05) is 19.1 Å². The van der Waals surface area contributed by atoms with Gasteiger partial charge < -0.3 is 15.3 Å². The average molecular weight is 215 g/mol. The summed E-state index contributed by atoms with van der Waals surface area (Å²) >= 11 is 0. The molecular formula is C11H25N3O. The monoisotopic (exact) mass is 215 g/mol. The fourth-order valence-electron chi connectivity index (χ4n) is 2.08. The summed E-state index contributed by atoms with van der Waals surface area (Å²) in [7, 11) is 6.19. The van der Waals surface area contributed by atoms with Crippen LogP contribution in [0.25, 0.3) is 0 Å². The van der Waals surface area contributed by atoms with Crippen molar-refractivity contribution in [1.82, 2.24) is 15.1 Å². The van der Waals surface area contributed by atoms with E-state index in [0.29, 0.717) is 6.04 Å². The lowest BCUT2D eigenvalue weighted by atomic mass is 10.0. The molecule has 15 heavy (non-hydrogen) atoms. The summed E-state index contributed by atoms with van der Waals surface area (Å²) in [6.07, 6.45) is 1.23. The summed E-state index contributed by atoms with van der Waals surface area (Å²) in [6, 6.07) is 0.671. The minimum absolute atomic E-state index is 0.165. The van der Waals surface area contributed by atoms with Gasteiger partial charge in [-0.3, -0.25) is 4.90 Å². The first-order valence-corrected chi connectivity index (χ1v) is 5.69. The molecule has 0 aromatic rings. The van der Waals surface area contributed by atoms with Crippen molar-refractivity contribution in [2.24, 2.45) is 0 Å². The molecule has 2 atom stereocenters. The molecule has 1 aliphatic heterocycles. The Bertz CT molecular complexity index is 192. The predicted molar refractivity (Wildman–Crippen MR) is 63.1 cm³/mol. The molecule has 0 aromatic carbocycles. The Labute approximate surface area is 93.2 Å². The van der Waals surface area contributed by atoms with Crippen molar-refractivity contribution in [1.29, 1.82) is 0 Å². The van der Waals surface area contributed by atoms with E-state index < -0.39 is 0 Å². The minimum Gasteiger partial charge on any atom is -0.394 e. The van der Waals surface area contributed by atoms with E-state index in [1.165, 1.54) is 6.42 Å². The third-order valence-electron chi connectivity index (χ3n) is 3.50. The molecule has 0 spiro atoms. The standard InChI is InChI=1S/C11H25N3O/c1-11(9-15,12-2)8-14-6-5-10(7-14)13(3)4/h10,12,15H,5-9H2,1-4H3. The van der Waals surface area contributed by atoms with Gasteiger partial charge in [-0.15, -0.1) is 0 Å². The van der Waals surface area contributed by atoms with E-state index in [1.807, 2.05) is 7.05 Å². The van der Waals surface area contributed by atoms with Gasteiger partial charge in [0.25, 0.3) is 0 Å². The molecular weight excluding hydrogens is 190 g/mol. The lowest BCUT2D eigenvalue weighted by molar-refractivity contribution is 0.134. The van der Waals surface area contributed by atoms with Crippen molar-refractivity contribution < 1.29 is 5.11 Å². The van der Waals surface area contributed by atoms with Gasteiger partial charge in [-0.25, -0.2) is 0 Å². The molecule has 1 fully saturated rings. The maximum atomic E-state index is 9.32. The number of likely N-dealkylation sites (tertiary alicyclic amines) is 1. The summed E-state index contributed by atoms with van der Waals surface area (Å²) in [5.74, 6) is 0. The third-order valence-corrected chi connectivity index (χ3v) is 3.50. The fourth-order valence-corrected chi connectivity index (χ4v) is 2.08. The van der Waals surface area contributed by atoms with Gasteiger partial charge in [0.2, 0.25) is 0 Å². The second kappa shape index (κ2) is 5.25. The zero-order chi connectivity index (χ0) is 11.5. The first kappa shape index (κ1) is 12.9. The molecule has 1 saturated heterocycles. The van der Waals surface area contributed by atoms with Crippen LogP contribution in [0.1, 0.15) is 13.3 Å². The molecule has 0 saturated carbocycles. The van der Waals surface area contributed by atoms with Gasteiger partial charge >= 0.3 is 0 Å². The van der Waals surface area contributed by atoms with Gasteiger partial charge in [0.15, 0.2) is 0 Å². The largest absolute Gasteiger partial charge is 0.394 e. The van der Waals surface area contributed by atoms with E-state index >= 15 is 0 Å². The smallest absolute Gasteiger partial charge is 0.0623 e. The maximum Gasteiger partial charge on any atom is 0.0623 e. The van der Waals surface area contributed by atoms with E-state index in [4.69, 9.17) is 0 Å². The summed E-state index contributed by atoms with van der Waals surface area (Å²) in [5.41, 5.74) is -0.165. The second-order valence-corrected chi connectivity index (χ2v) is 5.11. The van der Waals surface area contributed by atoms with Gasteiger partial charge in [0.1, 0.15) is 0 Å². The van der Waals surface area contributed by atoms with Crippen molar-refractivity contribution >= 4 is 0 Å². The maximum absolute atomic E-state index is 9.32. The van der Waals surface area contributed by atoms with Crippen LogP contribution in [0, 0.1) is 0 Å². The number of aliphatic hydroxyl groups excluding tert-OH is 1. The normalized spacial score (nSPS) is 27.2. The molecule has 1 rings (SSSR count). The van der Waals surface area contributed by atoms with Crippen LogP contribution in [0.5, 0.6) is 0 Å². The molecule has 2 unspecified atom stereocenters. The van der Waals surface area contributed by atoms with Crippen LogP contribution in [0.2, 0.25) is 0 Å². The van der Waals surface area contributed by atoms with Crippen molar-refractivity contribution in [3.63, 3.8) is 0 Å². The number of nitrogens with zero attached hydrogens (tertiary/aromatic N) is 2. The lowest BCUT2D eigenvalue weighted by Gasteiger charge is -2.32. The predicted octanol–water partition coefficient (Wildman–Crippen LogP) is -0.407. The molecule has 4 heteroatoms. The summed E-state index contributed by atoms with van der Waals surface area (Å²) in [4.78, 5) is 4.72. The molecule has 0 aromatic heterocycles. The van der Waals surface area contributed by atoms with Crippen LogP contribution in [0.4, 0.5) is 0 Å². The van der Waals surface area contributed by atoms with Gasteiger partial charge in [-0.05, 0) is 41.0 Å². The number of hydrogen-bond acceptors (Lipinski definition) is 4. The lowest BCUT2D eigenvalue weighted by Crippen LogP contribution is -2.52.